The minimum Gasteiger partial charge on any atom is -0.493 e. The van der Waals surface area contributed by atoms with Crippen molar-refractivity contribution in [1.82, 2.24) is 10.2 Å². The summed E-state index contributed by atoms with van der Waals surface area (Å²) in [6.07, 6.45) is 0.790. The number of nitrogens with zero attached hydrogens (tertiary/aromatic N) is 1. The minimum atomic E-state index is -0.284. The van der Waals surface area contributed by atoms with E-state index in [1.54, 1.807) is 0 Å². The molecule has 6 nitrogen and oxygen atoms in total. The third-order valence-corrected chi connectivity index (χ3v) is 4.80. The van der Waals surface area contributed by atoms with E-state index in [-0.39, 0.29) is 5.91 Å². The van der Waals surface area contributed by atoms with Crippen molar-refractivity contribution in [3.63, 3.8) is 0 Å². The Labute approximate surface area is 180 Å². The molecule has 1 aromatic heterocycles. The normalized spacial score (nSPS) is 10.5. The number of hydrogen-bond acceptors (Lipinski definition) is 4. The molecule has 2 N–H and O–H groups in total. The van der Waals surface area contributed by atoms with Crippen molar-refractivity contribution in [3.05, 3.63) is 60.2 Å². The Balaban J connectivity index is 1.66. The van der Waals surface area contributed by atoms with Crippen LogP contribution in [-0.2, 0) is 0 Å². The number of nitrogens with one attached hydrogen (secondary N) is 2. The summed E-state index contributed by atoms with van der Waals surface area (Å²) in [5, 5.41) is 12.7. The first kappa shape index (κ1) is 20.3. The molecule has 31 heavy (non-hydrogen) atoms. The highest BCUT2D eigenvalue weighted by Crippen LogP contribution is 2.31. The third-order valence-electron chi connectivity index (χ3n) is 4.80. The molecule has 0 aliphatic heterocycles. The predicted molar refractivity (Wildman–Crippen MR) is 123 cm³/mol. The molecule has 4 aromatic rings. The van der Waals surface area contributed by atoms with Gasteiger partial charge in [-0.3, -0.25) is 9.89 Å². The van der Waals surface area contributed by atoms with Crippen molar-refractivity contribution < 1.29 is 14.3 Å². The maximum atomic E-state index is 13.3. The van der Waals surface area contributed by atoms with Crippen molar-refractivity contribution in [3.8, 4) is 23.3 Å². The molecular weight excluding hydrogens is 390 g/mol. The fourth-order valence-corrected chi connectivity index (χ4v) is 3.41. The Bertz CT molecular complexity index is 1300. The Morgan fingerprint density at radius 3 is 2.74 bits per heavy atom. The number of anilines is 1. The van der Waals surface area contributed by atoms with Gasteiger partial charge < -0.3 is 14.8 Å². The molecule has 0 saturated heterocycles. The van der Waals surface area contributed by atoms with Gasteiger partial charge >= 0.3 is 0 Å². The number of carbonyl (C=O) groups is 1. The Morgan fingerprint density at radius 2 is 1.90 bits per heavy atom. The zero-order chi connectivity index (χ0) is 21.6. The molecule has 0 atom stereocenters. The van der Waals surface area contributed by atoms with Gasteiger partial charge in [-0.1, -0.05) is 43.2 Å². The molecule has 0 bridgehead atoms. The van der Waals surface area contributed by atoms with E-state index in [0.717, 1.165) is 28.1 Å². The smallest absolute Gasteiger partial charge is 0.261 e. The number of benzene rings is 3. The van der Waals surface area contributed by atoms with Crippen LogP contribution in [0.1, 0.15) is 30.6 Å². The second-order valence-electron chi connectivity index (χ2n) is 6.82. The van der Waals surface area contributed by atoms with Crippen LogP contribution in [0.15, 0.2) is 54.6 Å². The van der Waals surface area contributed by atoms with E-state index in [9.17, 15) is 4.79 Å². The molecule has 3 aromatic carbocycles. The highest BCUT2D eigenvalue weighted by molar-refractivity contribution is 6.16. The van der Waals surface area contributed by atoms with Crippen LogP contribution < -0.4 is 14.8 Å². The van der Waals surface area contributed by atoms with E-state index < -0.39 is 0 Å². The van der Waals surface area contributed by atoms with Crippen molar-refractivity contribution in [2.24, 2.45) is 0 Å². The summed E-state index contributed by atoms with van der Waals surface area (Å²) in [6, 6.07) is 17.1. The number of aromatic amines is 1. The van der Waals surface area contributed by atoms with Crippen molar-refractivity contribution in [1.29, 1.82) is 0 Å². The van der Waals surface area contributed by atoms with Crippen LogP contribution in [0.5, 0.6) is 11.5 Å². The first-order valence-electron chi connectivity index (χ1n) is 10.2. The Hall–Kier alpha value is -3.98. The molecule has 0 unspecified atom stereocenters. The predicted octanol–water partition coefficient (Wildman–Crippen LogP) is 5.16. The van der Waals surface area contributed by atoms with Gasteiger partial charge in [0.2, 0.25) is 0 Å². The fourth-order valence-electron chi connectivity index (χ4n) is 3.41. The van der Waals surface area contributed by atoms with E-state index >= 15 is 0 Å². The van der Waals surface area contributed by atoms with E-state index in [4.69, 9.17) is 9.47 Å². The number of H-pyrrole nitrogens is 1. The molecule has 0 fully saturated rings. The van der Waals surface area contributed by atoms with Crippen LogP contribution in [0, 0.1) is 11.8 Å². The van der Waals surface area contributed by atoms with Crippen LogP contribution >= 0.6 is 0 Å². The standard InChI is InChI=1S/C25H23N3O3/c1-3-5-8-15-31-18-12-13-21-20(16-18)24(28-27-21)26-25(29)23-19-10-7-6-9-17(19)11-14-22(23)30-4-2/h6-7,9-14,16H,3-4,15H2,1-2H3,(H2,26,27,28,29). The topological polar surface area (TPSA) is 76.2 Å². The molecule has 1 heterocycles. The van der Waals surface area contributed by atoms with Gasteiger partial charge in [-0.05, 0) is 42.0 Å². The molecule has 0 aliphatic carbocycles. The molecule has 1 amide bonds. The summed E-state index contributed by atoms with van der Waals surface area (Å²) in [5.74, 6) is 7.27. The van der Waals surface area contributed by atoms with Crippen LogP contribution in [0.3, 0.4) is 0 Å². The summed E-state index contributed by atoms with van der Waals surface area (Å²) in [5.41, 5.74) is 1.28. The van der Waals surface area contributed by atoms with E-state index in [2.05, 4.69) is 27.4 Å². The SMILES string of the molecule is CCC#CCOc1ccc2[nH]nc(NC(=O)c3c(OCC)ccc4ccccc34)c2c1. The average Bonchev–Trinajstić information content (AvgIpc) is 3.18. The zero-order valence-electron chi connectivity index (χ0n) is 17.5. The highest BCUT2D eigenvalue weighted by Gasteiger charge is 2.19. The summed E-state index contributed by atoms with van der Waals surface area (Å²) >= 11 is 0. The van der Waals surface area contributed by atoms with Gasteiger partial charge in [0.05, 0.1) is 17.7 Å². The number of aromatic nitrogens is 2. The Kier molecular flexibility index (Phi) is 6.04. The molecule has 0 spiro atoms. The largest absolute Gasteiger partial charge is 0.493 e. The van der Waals surface area contributed by atoms with Gasteiger partial charge in [-0.25, -0.2) is 0 Å². The molecule has 0 radical (unpaired) electrons. The van der Waals surface area contributed by atoms with Gasteiger partial charge in [0.25, 0.3) is 5.91 Å². The number of rotatable bonds is 6. The zero-order valence-corrected chi connectivity index (χ0v) is 17.5. The van der Waals surface area contributed by atoms with Crippen molar-refractivity contribution in [2.75, 3.05) is 18.5 Å². The molecular formula is C25H23N3O3. The molecule has 156 valence electrons. The summed E-state index contributed by atoms with van der Waals surface area (Å²) in [6.45, 7) is 4.66. The monoisotopic (exact) mass is 413 g/mol. The second kappa shape index (κ2) is 9.23. The van der Waals surface area contributed by atoms with Gasteiger partial charge in [0.15, 0.2) is 5.82 Å². The Morgan fingerprint density at radius 1 is 1.03 bits per heavy atom. The van der Waals surface area contributed by atoms with E-state index in [1.807, 2.05) is 68.4 Å². The molecule has 0 saturated carbocycles. The van der Waals surface area contributed by atoms with Crippen molar-refractivity contribution in [2.45, 2.75) is 20.3 Å². The maximum Gasteiger partial charge on any atom is 0.261 e. The second-order valence-corrected chi connectivity index (χ2v) is 6.82. The fraction of sp³-hybridized carbons (Fsp3) is 0.200. The maximum absolute atomic E-state index is 13.3. The highest BCUT2D eigenvalue weighted by atomic mass is 16.5. The van der Waals surface area contributed by atoms with Crippen LogP contribution in [0.4, 0.5) is 5.82 Å². The van der Waals surface area contributed by atoms with Gasteiger partial charge in [-0.2, -0.15) is 5.10 Å². The number of amides is 1. The van der Waals surface area contributed by atoms with Crippen LogP contribution in [-0.4, -0.2) is 29.3 Å². The van der Waals surface area contributed by atoms with Gasteiger partial charge in [-0.15, -0.1) is 5.92 Å². The first-order chi connectivity index (χ1) is 15.2. The lowest BCUT2D eigenvalue weighted by molar-refractivity contribution is 0.102. The van der Waals surface area contributed by atoms with Crippen LogP contribution in [0.25, 0.3) is 21.7 Å². The van der Waals surface area contributed by atoms with Gasteiger partial charge in [0.1, 0.15) is 18.1 Å². The number of carbonyl (C=O) groups excluding carboxylic acids is 1. The number of ether oxygens (including phenoxy) is 2. The minimum absolute atomic E-state index is 0.284. The third kappa shape index (κ3) is 4.31. The lowest BCUT2D eigenvalue weighted by Gasteiger charge is -2.13. The average molecular weight is 413 g/mol. The first-order valence-corrected chi connectivity index (χ1v) is 10.2. The summed E-state index contributed by atoms with van der Waals surface area (Å²) in [4.78, 5) is 13.3. The summed E-state index contributed by atoms with van der Waals surface area (Å²) in [7, 11) is 0. The number of hydrogen-bond donors (Lipinski definition) is 2. The van der Waals surface area contributed by atoms with E-state index in [1.165, 1.54) is 0 Å². The lowest BCUT2D eigenvalue weighted by Crippen LogP contribution is -2.15. The van der Waals surface area contributed by atoms with Crippen LogP contribution in [0.2, 0.25) is 0 Å². The molecule has 6 heteroatoms. The van der Waals surface area contributed by atoms with Crippen molar-refractivity contribution >= 4 is 33.4 Å². The quantitative estimate of drug-likeness (QED) is 0.428. The van der Waals surface area contributed by atoms with E-state index in [0.29, 0.717) is 36.1 Å². The lowest BCUT2D eigenvalue weighted by atomic mass is 10.0. The molecule has 4 rings (SSSR count). The number of fused-ring (bicyclic) bond motifs is 2. The summed E-state index contributed by atoms with van der Waals surface area (Å²) < 4.78 is 11.4. The van der Waals surface area contributed by atoms with Gasteiger partial charge in [0, 0.05) is 11.8 Å². The molecule has 0 aliphatic rings.